The minimum atomic E-state index is -0.862. The first-order chi connectivity index (χ1) is 12.9. The fourth-order valence-corrected chi connectivity index (χ4v) is 5.09. The van der Waals surface area contributed by atoms with Gasteiger partial charge in [0.25, 0.3) is 0 Å². The minimum absolute atomic E-state index is 0.0249. The molecule has 0 saturated carbocycles. The van der Waals surface area contributed by atoms with Crippen LogP contribution in [-0.4, -0.2) is 48.6 Å². The Labute approximate surface area is 160 Å². The van der Waals surface area contributed by atoms with Crippen LogP contribution in [0, 0.1) is 5.92 Å². The lowest BCUT2D eigenvalue weighted by molar-refractivity contribution is -0.137. The molecule has 3 heterocycles. The van der Waals surface area contributed by atoms with Crippen LogP contribution in [0.4, 0.5) is 5.69 Å². The Balaban J connectivity index is 1.62. The average Bonchev–Trinajstić information content (AvgIpc) is 3.29. The number of para-hydroxylation sites is 1. The summed E-state index contributed by atoms with van der Waals surface area (Å²) in [6.45, 7) is 5.42. The number of nitrogens with one attached hydrogen (secondary N) is 2. The molecule has 0 aliphatic carbocycles. The summed E-state index contributed by atoms with van der Waals surface area (Å²) in [6.07, 6.45) is 3.60. The van der Waals surface area contributed by atoms with Crippen molar-refractivity contribution in [3.8, 4) is 0 Å². The van der Waals surface area contributed by atoms with Gasteiger partial charge in [-0.1, -0.05) is 18.2 Å². The summed E-state index contributed by atoms with van der Waals surface area (Å²) in [4.78, 5) is 28.7. The van der Waals surface area contributed by atoms with Crippen LogP contribution >= 0.6 is 0 Å². The number of rotatable bonds is 5. The number of anilines is 1. The molecule has 0 aromatic heterocycles. The van der Waals surface area contributed by atoms with Gasteiger partial charge in [-0.3, -0.25) is 14.5 Å². The van der Waals surface area contributed by atoms with E-state index < -0.39 is 5.54 Å². The molecular formula is C21H29N3O3. The van der Waals surface area contributed by atoms with Gasteiger partial charge in [0.2, 0.25) is 11.8 Å². The number of ether oxygens (including phenoxy) is 1. The zero-order valence-corrected chi connectivity index (χ0v) is 16.4. The molecule has 2 N–H and O–H groups in total. The largest absolute Gasteiger partial charge is 0.379 e. The van der Waals surface area contributed by atoms with Gasteiger partial charge >= 0.3 is 0 Å². The molecule has 1 aromatic carbocycles. The molecule has 3 atom stereocenters. The van der Waals surface area contributed by atoms with Crippen molar-refractivity contribution in [1.29, 1.82) is 0 Å². The number of methoxy groups -OCH3 is 1. The van der Waals surface area contributed by atoms with E-state index in [1.807, 2.05) is 38.1 Å². The fraction of sp³-hybridized carbons (Fsp3) is 0.619. The van der Waals surface area contributed by atoms with E-state index in [4.69, 9.17) is 4.74 Å². The average molecular weight is 371 g/mol. The van der Waals surface area contributed by atoms with Gasteiger partial charge < -0.3 is 15.4 Å². The SMILES string of the molecule is COC(C)(C)CCNC(=O)[C@@H]1C[C@H]2CCCN2[C@]12C(=O)Nc1ccccc12. The molecule has 0 unspecified atom stereocenters. The van der Waals surface area contributed by atoms with Crippen LogP contribution in [0.1, 0.15) is 45.1 Å². The van der Waals surface area contributed by atoms with Gasteiger partial charge in [0.15, 0.2) is 0 Å². The second-order valence-electron chi connectivity index (χ2n) is 8.55. The monoisotopic (exact) mass is 371 g/mol. The second kappa shape index (κ2) is 6.60. The van der Waals surface area contributed by atoms with Gasteiger partial charge in [0, 0.05) is 30.9 Å². The molecule has 4 rings (SSSR count). The molecule has 146 valence electrons. The normalized spacial score (nSPS) is 29.7. The standard InChI is InChI=1S/C21H29N3O3/c1-20(2,27-3)10-11-22-18(25)16-13-14-7-6-12-24(14)21(16)15-8-4-5-9-17(15)23-19(21)26/h4-5,8-9,14,16H,6-7,10-13H2,1-3H3,(H,22,25)(H,23,26)/t14-,16+,21+/m1/s1. The maximum absolute atomic E-state index is 13.2. The molecule has 2 fully saturated rings. The number of benzene rings is 1. The highest BCUT2D eigenvalue weighted by atomic mass is 16.5. The highest BCUT2D eigenvalue weighted by Crippen LogP contribution is 2.55. The first-order valence-corrected chi connectivity index (χ1v) is 9.91. The summed E-state index contributed by atoms with van der Waals surface area (Å²) in [5.74, 6) is -0.439. The van der Waals surface area contributed by atoms with E-state index in [2.05, 4.69) is 15.5 Å². The summed E-state index contributed by atoms with van der Waals surface area (Å²) in [6, 6.07) is 8.12. The van der Waals surface area contributed by atoms with Crippen LogP contribution in [-0.2, 0) is 19.9 Å². The number of hydrogen-bond acceptors (Lipinski definition) is 4. The number of hydrogen-bond donors (Lipinski definition) is 2. The maximum atomic E-state index is 13.2. The van der Waals surface area contributed by atoms with Crippen molar-refractivity contribution < 1.29 is 14.3 Å². The van der Waals surface area contributed by atoms with E-state index in [1.165, 1.54) is 0 Å². The summed E-state index contributed by atoms with van der Waals surface area (Å²) >= 11 is 0. The Bertz CT molecular complexity index is 763. The van der Waals surface area contributed by atoms with Gasteiger partial charge in [0.1, 0.15) is 5.54 Å². The second-order valence-corrected chi connectivity index (χ2v) is 8.55. The van der Waals surface area contributed by atoms with E-state index in [9.17, 15) is 9.59 Å². The molecule has 1 spiro atoms. The number of carbonyl (C=O) groups is 2. The van der Waals surface area contributed by atoms with Crippen molar-refractivity contribution in [1.82, 2.24) is 10.2 Å². The Hall–Kier alpha value is -1.92. The summed E-state index contributed by atoms with van der Waals surface area (Å²) in [5, 5.41) is 6.12. The number of nitrogens with zero attached hydrogens (tertiary/aromatic N) is 1. The molecule has 3 aliphatic heterocycles. The zero-order chi connectivity index (χ0) is 19.2. The third-order valence-electron chi connectivity index (χ3n) is 6.67. The van der Waals surface area contributed by atoms with Gasteiger partial charge in [-0.15, -0.1) is 0 Å². The van der Waals surface area contributed by atoms with Gasteiger partial charge in [-0.2, -0.15) is 0 Å². The molecule has 6 heteroatoms. The number of carbonyl (C=O) groups excluding carboxylic acids is 2. The van der Waals surface area contributed by atoms with E-state index in [-0.39, 0.29) is 23.3 Å². The molecule has 0 bridgehead atoms. The predicted molar refractivity (Wildman–Crippen MR) is 103 cm³/mol. The highest BCUT2D eigenvalue weighted by Gasteiger charge is 2.65. The van der Waals surface area contributed by atoms with Crippen LogP contribution in [0.3, 0.4) is 0 Å². The summed E-state index contributed by atoms with van der Waals surface area (Å²) in [7, 11) is 1.68. The lowest BCUT2D eigenvalue weighted by Gasteiger charge is -2.36. The smallest absolute Gasteiger partial charge is 0.250 e. The van der Waals surface area contributed by atoms with Crippen LogP contribution in [0.15, 0.2) is 24.3 Å². The molecular weight excluding hydrogens is 342 g/mol. The van der Waals surface area contributed by atoms with E-state index in [1.54, 1.807) is 7.11 Å². The predicted octanol–water partition coefficient (Wildman–Crippen LogP) is 2.25. The molecule has 0 radical (unpaired) electrons. The highest BCUT2D eigenvalue weighted by molar-refractivity contribution is 6.09. The van der Waals surface area contributed by atoms with Crippen LogP contribution in [0.2, 0.25) is 0 Å². The maximum Gasteiger partial charge on any atom is 0.250 e. The number of amides is 2. The molecule has 6 nitrogen and oxygen atoms in total. The number of fused-ring (bicyclic) bond motifs is 4. The molecule has 27 heavy (non-hydrogen) atoms. The van der Waals surface area contributed by atoms with Crippen LogP contribution < -0.4 is 10.6 Å². The van der Waals surface area contributed by atoms with Crippen molar-refractivity contribution in [2.75, 3.05) is 25.5 Å². The van der Waals surface area contributed by atoms with Crippen molar-refractivity contribution in [2.24, 2.45) is 5.92 Å². The Morgan fingerprint density at radius 1 is 1.41 bits per heavy atom. The van der Waals surface area contributed by atoms with Crippen molar-refractivity contribution in [3.05, 3.63) is 29.8 Å². The first kappa shape index (κ1) is 18.4. The first-order valence-electron chi connectivity index (χ1n) is 9.91. The lowest BCUT2D eigenvalue weighted by atomic mass is 9.78. The molecule has 1 aromatic rings. The Morgan fingerprint density at radius 3 is 2.96 bits per heavy atom. The van der Waals surface area contributed by atoms with Gasteiger partial charge in [-0.05, 0) is 52.1 Å². The van der Waals surface area contributed by atoms with E-state index in [0.29, 0.717) is 12.6 Å². The van der Waals surface area contributed by atoms with Gasteiger partial charge in [0.05, 0.1) is 11.5 Å². The van der Waals surface area contributed by atoms with E-state index in [0.717, 1.165) is 43.5 Å². The Kier molecular flexibility index (Phi) is 4.51. The zero-order valence-electron chi connectivity index (χ0n) is 16.4. The fourth-order valence-electron chi connectivity index (χ4n) is 5.09. The molecule has 2 amide bonds. The van der Waals surface area contributed by atoms with Crippen LogP contribution in [0.5, 0.6) is 0 Å². The lowest BCUT2D eigenvalue weighted by Crippen LogP contribution is -2.54. The van der Waals surface area contributed by atoms with Gasteiger partial charge in [-0.25, -0.2) is 0 Å². The van der Waals surface area contributed by atoms with E-state index >= 15 is 0 Å². The molecule has 2 saturated heterocycles. The van der Waals surface area contributed by atoms with Crippen molar-refractivity contribution in [2.45, 2.75) is 56.7 Å². The minimum Gasteiger partial charge on any atom is -0.379 e. The molecule has 3 aliphatic rings. The third kappa shape index (κ3) is 2.77. The third-order valence-corrected chi connectivity index (χ3v) is 6.67. The summed E-state index contributed by atoms with van der Waals surface area (Å²) in [5.41, 5.74) is 0.654. The van der Waals surface area contributed by atoms with Crippen molar-refractivity contribution in [3.63, 3.8) is 0 Å². The summed E-state index contributed by atoms with van der Waals surface area (Å²) < 4.78 is 5.44. The van der Waals surface area contributed by atoms with Crippen molar-refractivity contribution >= 4 is 17.5 Å². The quantitative estimate of drug-likeness (QED) is 0.833. The Morgan fingerprint density at radius 2 is 2.19 bits per heavy atom. The topological polar surface area (TPSA) is 70.7 Å². The van der Waals surface area contributed by atoms with Crippen LogP contribution in [0.25, 0.3) is 0 Å².